The van der Waals surface area contributed by atoms with Crippen molar-refractivity contribution in [1.29, 1.82) is 0 Å². The quantitative estimate of drug-likeness (QED) is 0.634. The molecule has 7 nitrogen and oxygen atoms in total. The fourth-order valence-electron chi connectivity index (χ4n) is 2.67. The maximum atomic E-state index is 12.8. The maximum absolute atomic E-state index is 12.8. The van der Waals surface area contributed by atoms with Crippen LogP contribution in [0.4, 0.5) is 0 Å². The number of rotatable bonds is 8. The fourth-order valence-corrected chi connectivity index (χ4v) is 3.97. The molecule has 1 N–H and O–H groups in total. The van der Waals surface area contributed by atoms with Crippen LogP contribution in [0.15, 0.2) is 47.4 Å². The first kappa shape index (κ1) is 22.7. The van der Waals surface area contributed by atoms with Gasteiger partial charge in [0.15, 0.2) is 9.84 Å². The highest BCUT2D eigenvalue weighted by Gasteiger charge is 2.22. The number of carbonyl (C=O) groups is 2. The zero-order valence-electron chi connectivity index (χ0n) is 16.3. The summed E-state index contributed by atoms with van der Waals surface area (Å²) in [5.74, 6) is -0.464. The van der Waals surface area contributed by atoms with Gasteiger partial charge in [0.1, 0.15) is 5.75 Å². The molecule has 0 bridgehead atoms. The summed E-state index contributed by atoms with van der Waals surface area (Å²) in [4.78, 5) is 24.7. The van der Waals surface area contributed by atoms with Crippen LogP contribution in [0.1, 0.15) is 35.3 Å². The van der Waals surface area contributed by atoms with Gasteiger partial charge in [-0.05, 0) is 42.8 Å². The topological polar surface area (TPSA) is 98.8 Å². The van der Waals surface area contributed by atoms with Crippen LogP contribution < -0.4 is 10.1 Å². The minimum Gasteiger partial charge on any atom is -0.497 e. The number of halogens is 1. The number of hydrogen-bond donors (Lipinski definition) is 1. The van der Waals surface area contributed by atoms with Gasteiger partial charge in [0, 0.05) is 11.8 Å². The summed E-state index contributed by atoms with van der Waals surface area (Å²) < 4.78 is 33.9. The molecule has 2 aromatic rings. The van der Waals surface area contributed by atoms with E-state index in [1.807, 2.05) is 0 Å². The first-order valence-corrected chi connectivity index (χ1v) is 11.0. The van der Waals surface area contributed by atoms with E-state index in [-0.39, 0.29) is 28.5 Å². The molecule has 1 amide bonds. The number of esters is 1. The minimum atomic E-state index is -3.61. The Morgan fingerprint density at radius 2 is 1.90 bits per heavy atom. The lowest BCUT2D eigenvalue weighted by Crippen LogP contribution is -2.30. The largest absolute Gasteiger partial charge is 0.497 e. The van der Waals surface area contributed by atoms with Crippen molar-refractivity contribution in [3.8, 4) is 5.75 Å². The Morgan fingerprint density at radius 3 is 2.52 bits per heavy atom. The Hall–Kier alpha value is -2.58. The molecule has 0 aliphatic carbocycles. The summed E-state index contributed by atoms with van der Waals surface area (Å²) in [5, 5.41) is 2.78. The van der Waals surface area contributed by atoms with E-state index >= 15 is 0 Å². The molecule has 0 saturated heterocycles. The number of benzene rings is 2. The van der Waals surface area contributed by atoms with E-state index in [4.69, 9.17) is 21.1 Å². The van der Waals surface area contributed by atoms with Gasteiger partial charge in [0.05, 0.1) is 36.1 Å². The molecule has 0 aromatic heterocycles. The number of sulfone groups is 1. The van der Waals surface area contributed by atoms with E-state index in [2.05, 4.69) is 5.32 Å². The number of amides is 1. The van der Waals surface area contributed by atoms with Crippen LogP contribution in [0.2, 0.25) is 5.02 Å². The van der Waals surface area contributed by atoms with Gasteiger partial charge in [-0.1, -0.05) is 23.7 Å². The second-order valence-corrected chi connectivity index (χ2v) is 8.62. The molecule has 0 aliphatic heterocycles. The van der Waals surface area contributed by atoms with Gasteiger partial charge in [-0.2, -0.15) is 0 Å². The third-order valence-electron chi connectivity index (χ3n) is 4.07. The lowest BCUT2D eigenvalue weighted by molar-refractivity contribution is -0.143. The van der Waals surface area contributed by atoms with Gasteiger partial charge in [-0.3, -0.25) is 9.59 Å². The van der Waals surface area contributed by atoms with E-state index in [1.165, 1.54) is 25.3 Å². The molecule has 0 fully saturated rings. The minimum absolute atomic E-state index is 0.0277. The SMILES string of the molecule is CCOC(=O)CC(NC(=O)c1ccc(Cl)c(S(C)(=O)=O)c1)c1cccc(OC)c1. The average molecular weight is 440 g/mol. The van der Waals surface area contributed by atoms with Crippen molar-refractivity contribution in [2.45, 2.75) is 24.3 Å². The van der Waals surface area contributed by atoms with Crippen LogP contribution in [0.25, 0.3) is 0 Å². The van der Waals surface area contributed by atoms with Gasteiger partial charge in [-0.15, -0.1) is 0 Å². The number of carbonyl (C=O) groups excluding carboxylic acids is 2. The molecule has 0 heterocycles. The summed E-state index contributed by atoms with van der Waals surface area (Å²) in [6.07, 6.45) is 0.912. The summed E-state index contributed by atoms with van der Waals surface area (Å²) in [6, 6.07) is 10.2. The molecule has 0 aliphatic rings. The van der Waals surface area contributed by atoms with E-state index in [1.54, 1.807) is 31.2 Å². The van der Waals surface area contributed by atoms with E-state index in [0.29, 0.717) is 11.3 Å². The van der Waals surface area contributed by atoms with Crippen molar-refractivity contribution in [1.82, 2.24) is 5.32 Å². The Labute approximate surface area is 174 Å². The van der Waals surface area contributed by atoms with Crippen LogP contribution in [0.5, 0.6) is 5.75 Å². The Balaban J connectivity index is 2.35. The van der Waals surface area contributed by atoms with Gasteiger partial charge in [-0.25, -0.2) is 8.42 Å². The predicted molar refractivity (Wildman–Crippen MR) is 109 cm³/mol. The molecule has 1 unspecified atom stereocenters. The normalized spacial score (nSPS) is 12.1. The van der Waals surface area contributed by atoms with Crippen molar-refractivity contribution in [3.05, 3.63) is 58.6 Å². The van der Waals surface area contributed by atoms with Crippen LogP contribution in [-0.4, -0.2) is 40.3 Å². The fraction of sp³-hybridized carbons (Fsp3) is 0.300. The Bertz CT molecular complexity index is 1010. The molecule has 9 heteroatoms. The smallest absolute Gasteiger partial charge is 0.308 e. The lowest BCUT2D eigenvalue weighted by Gasteiger charge is -2.19. The summed E-state index contributed by atoms with van der Waals surface area (Å²) >= 11 is 5.94. The van der Waals surface area contributed by atoms with Crippen molar-refractivity contribution in [2.24, 2.45) is 0 Å². The highest BCUT2D eigenvalue weighted by molar-refractivity contribution is 7.90. The number of nitrogens with one attached hydrogen (secondary N) is 1. The maximum Gasteiger partial charge on any atom is 0.308 e. The van der Waals surface area contributed by atoms with E-state index < -0.39 is 27.8 Å². The molecule has 0 saturated carbocycles. The molecule has 1 atom stereocenters. The van der Waals surface area contributed by atoms with Crippen LogP contribution in [0, 0.1) is 0 Å². The van der Waals surface area contributed by atoms with Crippen LogP contribution in [-0.2, 0) is 19.4 Å². The van der Waals surface area contributed by atoms with Crippen molar-refractivity contribution < 1.29 is 27.5 Å². The zero-order chi connectivity index (χ0) is 21.6. The number of ether oxygens (including phenoxy) is 2. The van der Waals surface area contributed by atoms with Gasteiger partial charge >= 0.3 is 5.97 Å². The van der Waals surface area contributed by atoms with E-state index in [0.717, 1.165) is 6.26 Å². The highest BCUT2D eigenvalue weighted by atomic mass is 35.5. The molecule has 156 valence electrons. The number of methoxy groups -OCH3 is 1. The standard InChI is InChI=1S/C20H22ClNO6S/c1-4-28-19(23)12-17(13-6-5-7-15(10-13)27-2)22-20(24)14-8-9-16(21)18(11-14)29(3,25)26/h5-11,17H,4,12H2,1-3H3,(H,22,24). The van der Waals surface area contributed by atoms with E-state index in [9.17, 15) is 18.0 Å². The lowest BCUT2D eigenvalue weighted by atomic mass is 10.0. The molecule has 2 rings (SSSR count). The molecule has 0 spiro atoms. The summed E-state index contributed by atoms with van der Waals surface area (Å²) in [5.41, 5.74) is 0.745. The summed E-state index contributed by atoms with van der Waals surface area (Å²) in [7, 11) is -2.10. The Kier molecular flexibility index (Phi) is 7.64. The molecule has 29 heavy (non-hydrogen) atoms. The van der Waals surface area contributed by atoms with Gasteiger partial charge in [0.2, 0.25) is 0 Å². The number of hydrogen-bond acceptors (Lipinski definition) is 6. The predicted octanol–water partition coefficient (Wildman–Crippen LogP) is 3.18. The van der Waals surface area contributed by atoms with Crippen LogP contribution in [0.3, 0.4) is 0 Å². The summed E-state index contributed by atoms with van der Waals surface area (Å²) in [6.45, 7) is 1.91. The second-order valence-electron chi connectivity index (χ2n) is 6.23. The third kappa shape index (κ3) is 6.20. The average Bonchev–Trinajstić information content (AvgIpc) is 2.67. The monoisotopic (exact) mass is 439 g/mol. The zero-order valence-corrected chi connectivity index (χ0v) is 17.8. The molecular weight excluding hydrogens is 418 g/mol. The first-order valence-electron chi connectivity index (χ1n) is 8.75. The van der Waals surface area contributed by atoms with Crippen molar-refractivity contribution in [2.75, 3.05) is 20.0 Å². The van der Waals surface area contributed by atoms with Crippen molar-refractivity contribution in [3.63, 3.8) is 0 Å². The molecular formula is C20H22ClNO6S. The highest BCUT2D eigenvalue weighted by Crippen LogP contribution is 2.25. The first-order chi connectivity index (χ1) is 13.7. The Morgan fingerprint density at radius 1 is 1.17 bits per heavy atom. The van der Waals surface area contributed by atoms with Crippen molar-refractivity contribution >= 4 is 33.3 Å². The van der Waals surface area contributed by atoms with Crippen LogP contribution >= 0.6 is 11.6 Å². The molecule has 0 radical (unpaired) electrons. The van der Waals surface area contributed by atoms with Gasteiger partial charge in [0.25, 0.3) is 5.91 Å². The third-order valence-corrected chi connectivity index (χ3v) is 5.65. The molecule has 2 aromatic carbocycles. The van der Waals surface area contributed by atoms with Gasteiger partial charge < -0.3 is 14.8 Å². The second kappa shape index (κ2) is 9.76.